The topological polar surface area (TPSA) is 0 Å². The van der Waals surface area contributed by atoms with Gasteiger partial charge in [0.1, 0.15) is 0 Å². The van der Waals surface area contributed by atoms with Crippen LogP contribution in [0.25, 0.3) is 0 Å². The summed E-state index contributed by atoms with van der Waals surface area (Å²) in [5.41, 5.74) is 1.31. The zero-order valence-corrected chi connectivity index (χ0v) is 7.43. The van der Waals surface area contributed by atoms with Crippen molar-refractivity contribution < 1.29 is 0 Å². The molecule has 0 N–H and O–H groups in total. The van der Waals surface area contributed by atoms with E-state index in [2.05, 4.69) is 26.0 Å². The molecule has 0 aliphatic heterocycles. The molecule has 0 fully saturated rings. The van der Waals surface area contributed by atoms with E-state index in [1.807, 2.05) is 12.1 Å². The van der Waals surface area contributed by atoms with Crippen molar-refractivity contribution in [3.05, 3.63) is 41.8 Å². The largest absolute Gasteiger partial charge is 0.0843 e. The van der Waals surface area contributed by atoms with Crippen LogP contribution in [0, 0.1) is 6.92 Å². The molecule has 1 aromatic carbocycles. The summed E-state index contributed by atoms with van der Waals surface area (Å²) in [6, 6.07) is 7.95. The number of rotatable bonds is 2. The van der Waals surface area contributed by atoms with Crippen molar-refractivity contribution in [1.29, 1.82) is 0 Å². The Hall–Kier alpha value is -0.490. The lowest BCUT2D eigenvalue weighted by atomic mass is 9.99. The Balaban J connectivity index is 2.81. The summed E-state index contributed by atoms with van der Waals surface area (Å²) >= 11 is 5.74. The van der Waals surface area contributed by atoms with Crippen LogP contribution in [0.15, 0.2) is 24.3 Å². The molecule has 1 atom stereocenters. The highest BCUT2D eigenvalue weighted by molar-refractivity contribution is 6.30. The molecule has 0 aromatic heterocycles. The van der Waals surface area contributed by atoms with Gasteiger partial charge >= 0.3 is 0 Å². The van der Waals surface area contributed by atoms with Crippen molar-refractivity contribution in [2.75, 3.05) is 0 Å². The van der Waals surface area contributed by atoms with E-state index in [-0.39, 0.29) is 0 Å². The van der Waals surface area contributed by atoms with Crippen molar-refractivity contribution >= 4 is 11.6 Å². The van der Waals surface area contributed by atoms with Crippen LogP contribution in [0.5, 0.6) is 0 Å². The first-order chi connectivity index (χ1) is 5.24. The van der Waals surface area contributed by atoms with E-state index in [4.69, 9.17) is 11.6 Å². The number of hydrogen-bond acceptors (Lipinski definition) is 0. The Bertz CT molecular complexity index is 213. The highest BCUT2D eigenvalue weighted by Crippen LogP contribution is 2.19. The molecule has 0 heterocycles. The molecule has 0 saturated carbocycles. The first-order valence-electron chi connectivity index (χ1n) is 3.78. The highest BCUT2D eigenvalue weighted by Gasteiger charge is 2.00. The third kappa shape index (κ3) is 2.23. The molecule has 0 bridgehead atoms. The summed E-state index contributed by atoms with van der Waals surface area (Å²) in [7, 11) is 0. The van der Waals surface area contributed by atoms with Gasteiger partial charge in [0.05, 0.1) is 0 Å². The molecule has 0 amide bonds. The minimum atomic E-state index is 0.535. The lowest BCUT2D eigenvalue weighted by Gasteiger charge is -2.07. The molecule has 0 saturated heterocycles. The van der Waals surface area contributed by atoms with Gasteiger partial charge in [0.15, 0.2) is 0 Å². The molecule has 1 radical (unpaired) electrons. The van der Waals surface area contributed by atoms with Crippen LogP contribution in [0.4, 0.5) is 0 Å². The van der Waals surface area contributed by atoms with Crippen LogP contribution in [0.2, 0.25) is 5.02 Å². The van der Waals surface area contributed by atoms with Gasteiger partial charge in [-0.3, -0.25) is 0 Å². The van der Waals surface area contributed by atoms with Gasteiger partial charge in [0.2, 0.25) is 0 Å². The van der Waals surface area contributed by atoms with Gasteiger partial charge in [0, 0.05) is 5.02 Å². The first kappa shape index (κ1) is 8.61. The molecule has 0 aliphatic rings. The summed E-state index contributed by atoms with van der Waals surface area (Å²) in [6.45, 7) is 6.01. The maximum atomic E-state index is 5.74. The van der Waals surface area contributed by atoms with Crippen molar-refractivity contribution in [3.8, 4) is 0 Å². The summed E-state index contributed by atoms with van der Waals surface area (Å²) < 4.78 is 0. The quantitative estimate of drug-likeness (QED) is 0.631. The maximum Gasteiger partial charge on any atom is 0.0406 e. The fourth-order valence-electron chi connectivity index (χ4n) is 0.958. The Morgan fingerprint density at radius 2 is 1.91 bits per heavy atom. The molecule has 1 unspecified atom stereocenters. The van der Waals surface area contributed by atoms with E-state index in [9.17, 15) is 0 Å². The zero-order chi connectivity index (χ0) is 8.27. The third-order valence-electron chi connectivity index (χ3n) is 1.87. The van der Waals surface area contributed by atoms with Gasteiger partial charge < -0.3 is 0 Å². The number of halogens is 1. The molecule has 0 nitrogen and oxygen atoms in total. The average Bonchev–Trinajstić information content (AvgIpc) is 2.05. The lowest BCUT2D eigenvalue weighted by Crippen LogP contribution is -1.89. The highest BCUT2D eigenvalue weighted by atomic mass is 35.5. The fourth-order valence-corrected chi connectivity index (χ4v) is 1.08. The molecule has 1 aromatic rings. The molecule has 11 heavy (non-hydrogen) atoms. The van der Waals surface area contributed by atoms with Crippen LogP contribution >= 0.6 is 11.6 Å². The molecule has 0 spiro atoms. The molecule has 1 rings (SSSR count). The van der Waals surface area contributed by atoms with E-state index >= 15 is 0 Å². The van der Waals surface area contributed by atoms with E-state index in [1.54, 1.807) is 0 Å². The van der Waals surface area contributed by atoms with Crippen molar-refractivity contribution in [2.24, 2.45) is 0 Å². The van der Waals surface area contributed by atoms with Gasteiger partial charge in [-0.15, -0.1) is 0 Å². The Labute approximate surface area is 73.2 Å². The zero-order valence-electron chi connectivity index (χ0n) is 6.68. The second-order valence-corrected chi connectivity index (χ2v) is 3.18. The second-order valence-electron chi connectivity index (χ2n) is 2.74. The van der Waals surface area contributed by atoms with Gasteiger partial charge in [-0.05, 0) is 30.0 Å². The predicted molar refractivity (Wildman–Crippen MR) is 49.8 cm³/mol. The summed E-state index contributed by atoms with van der Waals surface area (Å²) in [6.07, 6.45) is 0.932. The fraction of sp³-hybridized carbons (Fsp3) is 0.300. The third-order valence-corrected chi connectivity index (χ3v) is 2.12. The number of benzene rings is 1. The van der Waals surface area contributed by atoms with E-state index in [1.165, 1.54) is 5.56 Å². The molecule has 59 valence electrons. The normalized spacial score (nSPS) is 13.0. The van der Waals surface area contributed by atoms with Gasteiger partial charge in [-0.1, -0.05) is 37.6 Å². The first-order valence-corrected chi connectivity index (χ1v) is 4.16. The average molecular weight is 168 g/mol. The van der Waals surface area contributed by atoms with E-state index in [0.29, 0.717) is 5.92 Å². The smallest absolute Gasteiger partial charge is 0.0406 e. The second kappa shape index (κ2) is 3.77. The van der Waals surface area contributed by atoms with Crippen LogP contribution < -0.4 is 0 Å². The lowest BCUT2D eigenvalue weighted by molar-refractivity contribution is 0.778. The van der Waals surface area contributed by atoms with Gasteiger partial charge in [0.25, 0.3) is 0 Å². The summed E-state index contributed by atoms with van der Waals surface area (Å²) in [5.74, 6) is 0.535. The van der Waals surface area contributed by atoms with Crippen LogP contribution in [0.3, 0.4) is 0 Å². The van der Waals surface area contributed by atoms with E-state index in [0.717, 1.165) is 11.4 Å². The summed E-state index contributed by atoms with van der Waals surface area (Å²) in [5, 5.41) is 0.796. The molecular formula is C10H12Cl. The minimum absolute atomic E-state index is 0.535. The standard InChI is InChI=1S/C10H12Cl/c1-3-8(2)9-4-6-10(11)7-5-9/h4-8H,1,3H2,2H3. The Morgan fingerprint density at radius 3 is 2.36 bits per heavy atom. The van der Waals surface area contributed by atoms with Crippen molar-refractivity contribution in [2.45, 2.75) is 19.3 Å². The number of hydrogen-bond donors (Lipinski definition) is 0. The minimum Gasteiger partial charge on any atom is -0.0843 e. The van der Waals surface area contributed by atoms with Crippen LogP contribution in [-0.2, 0) is 0 Å². The summed E-state index contributed by atoms with van der Waals surface area (Å²) in [4.78, 5) is 0. The van der Waals surface area contributed by atoms with Crippen molar-refractivity contribution in [3.63, 3.8) is 0 Å². The Kier molecular flexibility index (Phi) is 2.95. The van der Waals surface area contributed by atoms with Gasteiger partial charge in [-0.25, -0.2) is 0 Å². The molecule has 1 heteroatoms. The predicted octanol–water partition coefficient (Wildman–Crippen LogP) is 3.67. The SMILES string of the molecule is [CH2]CC(C)c1ccc(Cl)cc1. The Morgan fingerprint density at radius 1 is 1.36 bits per heavy atom. The van der Waals surface area contributed by atoms with Crippen molar-refractivity contribution in [1.82, 2.24) is 0 Å². The molecule has 0 aliphatic carbocycles. The monoisotopic (exact) mass is 167 g/mol. The van der Waals surface area contributed by atoms with E-state index < -0.39 is 0 Å². The van der Waals surface area contributed by atoms with Gasteiger partial charge in [-0.2, -0.15) is 0 Å². The maximum absolute atomic E-state index is 5.74. The molecular weight excluding hydrogens is 156 g/mol. The van der Waals surface area contributed by atoms with Crippen LogP contribution in [-0.4, -0.2) is 0 Å². The van der Waals surface area contributed by atoms with Crippen LogP contribution in [0.1, 0.15) is 24.8 Å².